The largest absolute Gasteiger partial charge is 0.378 e. The van der Waals surface area contributed by atoms with Crippen molar-refractivity contribution in [2.45, 2.75) is 0 Å². The Labute approximate surface area is 189 Å². The number of likely N-dealkylation sites (N-methyl/N-ethyl adjacent to an activating group) is 1. The van der Waals surface area contributed by atoms with Crippen LogP contribution in [-0.4, -0.2) is 52.7 Å². The van der Waals surface area contributed by atoms with Crippen LogP contribution >= 0.6 is 0 Å². The highest BCUT2D eigenvalue weighted by atomic mass is 15.3. The highest BCUT2D eigenvalue weighted by Gasteiger charge is 2.24. The van der Waals surface area contributed by atoms with E-state index < -0.39 is 0 Å². The van der Waals surface area contributed by atoms with Gasteiger partial charge in [0.2, 0.25) is 0 Å². The second kappa shape index (κ2) is 9.06. The molecule has 0 aromatic heterocycles. The third-order valence-electron chi connectivity index (χ3n) is 5.33. The van der Waals surface area contributed by atoms with E-state index in [4.69, 9.17) is 15.0 Å². The van der Waals surface area contributed by atoms with E-state index in [1.54, 1.807) is 0 Å². The second-order valence-corrected chi connectivity index (χ2v) is 8.05. The van der Waals surface area contributed by atoms with Gasteiger partial charge in [-0.3, -0.25) is 0 Å². The summed E-state index contributed by atoms with van der Waals surface area (Å²) in [6.45, 7) is 0. The molecule has 3 aromatic rings. The molecule has 0 aliphatic carbocycles. The van der Waals surface area contributed by atoms with Crippen LogP contribution in [0.5, 0.6) is 0 Å². The first-order valence-electron chi connectivity index (χ1n) is 10.5. The van der Waals surface area contributed by atoms with Gasteiger partial charge in [-0.2, -0.15) is 0 Å². The minimum Gasteiger partial charge on any atom is -0.378 e. The Morgan fingerprint density at radius 2 is 1.12 bits per heavy atom. The zero-order valence-electron chi connectivity index (χ0n) is 19.2. The minimum atomic E-state index is 0.598. The normalized spacial score (nSPS) is 14.2. The highest BCUT2D eigenvalue weighted by Crippen LogP contribution is 2.24. The molecule has 0 radical (unpaired) electrons. The molecule has 1 aliphatic rings. The average molecular weight is 425 g/mol. The molecule has 1 aliphatic heterocycles. The molecule has 0 atom stereocenters. The van der Waals surface area contributed by atoms with Crippen molar-refractivity contribution in [1.82, 2.24) is 0 Å². The van der Waals surface area contributed by atoms with E-state index >= 15 is 0 Å². The van der Waals surface area contributed by atoms with Crippen molar-refractivity contribution in [2.75, 3.05) is 49.9 Å². The highest BCUT2D eigenvalue weighted by molar-refractivity contribution is 6.52. The van der Waals surface area contributed by atoms with E-state index in [2.05, 4.69) is 46.2 Å². The lowest BCUT2D eigenvalue weighted by molar-refractivity contribution is 1.13. The zero-order valence-corrected chi connectivity index (χ0v) is 19.2. The molecule has 0 bridgehead atoms. The summed E-state index contributed by atoms with van der Waals surface area (Å²) in [5, 5.41) is 0. The minimum absolute atomic E-state index is 0.598. The van der Waals surface area contributed by atoms with Gasteiger partial charge in [0.15, 0.2) is 17.5 Å². The molecule has 0 amide bonds. The van der Waals surface area contributed by atoms with Crippen LogP contribution in [0.25, 0.3) is 0 Å². The molecule has 0 saturated carbocycles. The molecule has 6 nitrogen and oxygen atoms in total. The van der Waals surface area contributed by atoms with Crippen LogP contribution in [0.3, 0.4) is 0 Å². The van der Waals surface area contributed by atoms with Gasteiger partial charge in [-0.05, 0) is 48.5 Å². The monoisotopic (exact) mass is 424 g/mol. The number of amidine groups is 3. The third kappa shape index (κ3) is 4.54. The third-order valence-corrected chi connectivity index (χ3v) is 5.33. The Hall–Kier alpha value is -3.93. The molecule has 0 saturated heterocycles. The van der Waals surface area contributed by atoms with E-state index in [1.165, 1.54) is 0 Å². The smallest absolute Gasteiger partial charge is 0.198 e. The Morgan fingerprint density at radius 3 is 1.69 bits per heavy atom. The fourth-order valence-electron chi connectivity index (χ4n) is 3.39. The van der Waals surface area contributed by atoms with Gasteiger partial charge in [0, 0.05) is 57.9 Å². The van der Waals surface area contributed by atoms with Crippen molar-refractivity contribution in [2.24, 2.45) is 15.0 Å². The topological polar surface area (TPSA) is 46.8 Å². The van der Waals surface area contributed by atoms with Crippen LogP contribution in [0.2, 0.25) is 0 Å². The molecule has 1 heterocycles. The van der Waals surface area contributed by atoms with Gasteiger partial charge in [0.25, 0.3) is 0 Å². The lowest BCUT2D eigenvalue weighted by Crippen LogP contribution is -2.31. The van der Waals surface area contributed by atoms with Gasteiger partial charge in [-0.1, -0.05) is 30.3 Å². The van der Waals surface area contributed by atoms with Gasteiger partial charge < -0.3 is 14.7 Å². The van der Waals surface area contributed by atoms with E-state index in [0.29, 0.717) is 11.7 Å². The summed E-state index contributed by atoms with van der Waals surface area (Å²) in [7, 11) is 10.1. The fourth-order valence-corrected chi connectivity index (χ4v) is 3.39. The lowest BCUT2D eigenvalue weighted by Gasteiger charge is -2.20. The summed E-state index contributed by atoms with van der Waals surface area (Å²) >= 11 is 0. The van der Waals surface area contributed by atoms with Crippen molar-refractivity contribution in [3.8, 4) is 0 Å². The average Bonchev–Trinajstić information content (AvgIpc) is 3.23. The van der Waals surface area contributed by atoms with Crippen LogP contribution in [0, 0.1) is 0 Å². The van der Waals surface area contributed by atoms with E-state index in [1.807, 2.05) is 82.6 Å². The maximum atomic E-state index is 4.86. The molecule has 0 spiro atoms. The van der Waals surface area contributed by atoms with Crippen LogP contribution in [-0.2, 0) is 0 Å². The lowest BCUT2D eigenvalue weighted by atomic mass is 10.2. The Bertz CT molecular complexity index is 1160. The number of nitrogens with zero attached hydrogens (tertiary/aromatic N) is 6. The number of rotatable bonds is 5. The van der Waals surface area contributed by atoms with Crippen LogP contribution in [0.4, 0.5) is 22.7 Å². The van der Waals surface area contributed by atoms with E-state index in [0.717, 1.165) is 34.1 Å². The molecular formula is C26H28N6. The standard InChI is InChI=1S/C26H28N6/c1-30(2)21-13-11-20(12-14-21)27-25-26(29-24(28-25)19-9-7-6-8-10-19)32(5)23-17-15-22(16-18-23)31(3)4/h6-18H,1-5H3. The summed E-state index contributed by atoms with van der Waals surface area (Å²) < 4.78 is 0. The van der Waals surface area contributed by atoms with Gasteiger partial charge in [0.1, 0.15) is 0 Å². The molecule has 6 heteroatoms. The fraction of sp³-hybridized carbons (Fsp3) is 0.192. The van der Waals surface area contributed by atoms with Crippen LogP contribution in [0.1, 0.15) is 5.56 Å². The Morgan fingerprint density at radius 1 is 0.594 bits per heavy atom. The van der Waals surface area contributed by atoms with Gasteiger partial charge in [-0.25, -0.2) is 15.0 Å². The van der Waals surface area contributed by atoms with Crippen molar-refractivity contribution < 1.29 is 0 Å². The summed E-state index contributed by atoms with van der Waals surface area (Å²) in [6, 6.07) is 26.5. The van der Waals surface area contributed by atoms with Crippen molar-refractivity contribution in [3.63, 3.8) is 0 Å². The van der Waals surface area contributed by atoms with Gasteiger partial charge in [0.05, 0.1) is 5.69 Å². The summed E-state index contributed by atoms with van der Waals surface area (Å²) in [6.07, 6.45) is 0. The summed E-state index contributed by atoms with van der Waals surface area (Å²) in [4.78, 5) is 20.7. The SMILES string of the molecule is CN(C)c1ccc(N=C2N=C(c3ccccc3)N=C2N(C)c2ccc(N(C)C)cc2)cc1. The Balaban J connectivity index is 1.71. The van der Waals surface area contributed by atoms with Gasteiger partial charge in [-0.15, -0.1) is 0 Å². The Kier molecular flexibility index (Phi) is 6.03. The molecule has 3 aromatic carbocycles. The number of hydrogen-bond acceptors (Lipinski definition) is 5. The maximum absolute atomic E-state index is 4.86. The molecule has 0 N–H and O–H groups in total. The number of hydrogen-bond donors (Lipinski definition) is 0. The first-order valence-corrected chi connectivity index (χ1v) is 10.5. The van der Waals surface area contributed by atoms with Crippen molar-refractivity contribution in [1.29, 1.82) is 0 Å². The van der Waals surface area contributed by atoms with Gasteiger partial charge >= 0.3 is 0 Å². The van der Waals surface area contributed by atoms with Crippen LogP contribution < -0.4 is 14.7 Å². The first kappa shape index (κ1) is 21.3. The molecule has 0 unspecified atom stereocenters. The maximum Gasteiger partial charge on any atom is 0.198 e. The van der Waals surface area contributed by atoms with Crippen LogP contribution in [0.15, 0.2) is 93.8 Å². The van der Waals surface area contributed by atoms with Crippen molar-refractivity contribution >= 4 is 40.3 Å². The predicted molar refractivity (Wildman–Crippen MR) is 137 cm³/mol. The zero-order chi connectivity index (χ0) is 22.7. The molecule has 32 heavy (non-hydrogen) atoms. The molecule has 4 rings (SSSR count). The molecular weight excluding hydrogens is 396 g/mol. The first-order chi connectivity index (χ1) is 15.4. The predicted octanol–water partition coefficient (Wildman–Crippen LogP) is 4.84. The number of anilines is 3. The second-order valence-electron chi connectivity index (χ2n) is 8.05. The molecule has 162 valence electrons. The quantitative estimate of drug-likeness (QED) is 0.589. The van der Waals surface area contributed by atoms with E-state index in [9.17, 15) is 0 Å². The van der Waals surface area contributed by atoms with Crippen molar-refractivity contribution in [3.05, 3.63) is 84.4 Å². The molecule has 0 fully saturated rings. The number of benzene rings is 3. The summed E-state index contributed by atoms with van der Waals surface area (Å²) in [5.74, 6) is 1.99. The summed E-state index contributed by atoms with van der Waals surface area (Å²) in [5.41, 5.74) is 5.10. The number of aliphatic imine (C=N–C) groups is 3. The van der Waals surface area contributed by atoms with E-state index in [-0.39, 0.29) is 0 Å².